The lowest BCUT2D eigenvalue weighted by Crippen LogP contribution is -2.65. The van der Waals surface area contributed by atoms with E-state index >= 15 is 0 Å². The predicted octanol–water partition coefficient (Wildman–Crippen LogP) is 2.06. The summed E-state index contributed by atoms with van der Waals surface area (Å²) in [5.74, 6) is -0.792. The molecule has 4 amide bonds. The van der Waals surface area contributed by atoms with Gasteiger partial charge in [0.05, 0.1) is 0 Å². The van der Waals surface area contributed by atoms with E-state index in [1.807, 2.05) is 27.7 Å². The maximum atomic E-state index is 12.5. The Morgan fingerprint density at radius 2 is 1.56 bits per heavy atom. The van der Waals surface area contributed by atoms with E-state index in [9.17, 15) is 14.4 Å². The van der Waals surface area contributed by atoms with Crippen molar-refractivity contribution in [1.29, 1.82) is 0 Å². The molecule has 1 aliphatic heterocycles. The second-order valence-corrected chi connectivity index (χ2v) is 4.69. The summed E-state index contributed by atoms with van der Waals surface area (Å²) in [5, 5.41) is 2.33. The number of carbonyl (C=O) groups is 3. The van der Waals surface area contributed by atoms with Gasteiger partial charge in [0.15, 0.2) is 0 Å². The zero-order valence-corrected chi connectivity index (χ0v) is 11.6. The Morgan fingerprint density at radius 1 is 1.06 bits per heavy atom. The molecule has 1 saturated heterocycles. The van der Waals surface area contributed by atoms with Crippen LogP contribution in [0.25, 0.3) is 0 Å². The summed E-state index contributed by atoms with van der Waals surface area (Å²) < 4.78 is 0. The van der Waals surface area contributed by atoms with Crippen molar-refractivity contribution in [1.82, 2.24) is 10.2 Å². The standard InChI is InChI=1S/C13H22N2O3/c1-5-9(6-2)15-11(17)13(7-3,8-4)10(16)14-12(15)18/h9H,5-8H2,1-4H3,(H,14,16,18). The van der Waals surface area contributed by atoms with Crippen LogP contribution in [0, 0.1) is 5.41 Å². The molecule has 0 atom stereocenters. The number of hydrogen-bond donors (Lipinski definition) is 1. The van der Waals surface area contributed by atoms with Gasteiger partial charge >= 0.3 is 6.03 Å². The first-order valence-corrected chi connectivity index (χ1v) is 6.67. The van der Waals surface area contributed by atoms with Crippen LogP contribution in [-0.2, 0) is 9.59 Å². The molecule has 102 valence electrons. The van der Waals surface area contributed by atoms with Crippen LogP contribution in [0.3, 0.4) is 0 Å². The molecule has 0 aromatic rings. The van der Waals surface area contributed by atoms with Crippen LogP contribution < -0.4 is 5.32 Å². The molecule has 18 heavy (non-hydrogen) atoms. The molecular formula is C13H22N2O3. The normalized spacial score (nSPS) is 19.4. The van der Waals surface area contributed by atoms with E-state index in [1.165, 1.54) is 4.90 Å². The third-order valence-corrected chi connectivity index (χ3v) is 4.02. The number of rotatable bonds is 5. The smallest absolute Gasteiger partial charge is 0.277 e. The molecule has 0 radical (unpaired) electrons. The molecule has 0 aromatic heterocycles. The van der Waals surface area contributed by atoms with Gasteiger partial charge in [0.1, 0.15) is 5.41 Å². The summed E-state index contributed by atoms with van der Waals surface area (Å²) in [6, 6.07) is -0.709. The summed E-state index contributed by atoms with van der Waals surface area (Å²) in [5.41, 5.74) is -1.07. The number of imide groups is 2. The van der Waals surface area contributed by atoms with Gasteiger partial charge in [-0.25, -0.2) is 4.79 Å². The molecule has 1 fully saturated rings. The van der Waals surface area contributed by atoms with Crippen molar-refractivity contribution in [3.05, 3.63) is 0 Å². The molecule has 5 nitrogen and oxygen atoms in total. The van der Waals surface area contributed by atoms with E-state index < -0.39 is 17.4 Å². The summed E-state index contributed by atoms with van der Waals surface area (Å²) in [4.78, 5) is 37.6. The van der Waals surface area contributed by atoms with Crippen molar-refractivity contribution in [3.8, 4) is 0 Å². The second kappa shape index (κ2) is 5.50. The highest BCUT2D eigenvalue weighted by Crippen LogP contribution is 2.33. The first-order valence-electron chi connectivity index (χ1n) is 6.67. The minimum absolute atomic E-state index is 0.136. The van der Waals surface area contributed by atoms with Crippen molar-refractivity contribution in [2.24, 2.45) is 5.41 Å². The number of urea groups is 1. The first kappa shape index (κ1) is 14.7. The third-order valence-electron chi connectivity index (χ3n) is 4.02. The maximum absolute atomic E-state index is 12.5. The SMILES string of the molecule is CCC(CC)N1C(=O)NC(=O)C(CC)(CC)C1=O. The average molecular weight is 254 g/mol. The highest BCUT2D eigenvalue weighted by Gasteiger charge is 2.52. The second-order valence-electron chi connectivity index (χ2n) is 4.69. The molecule has 0 bridgehead atoms. The molecular weight excluding hydrogens is 232 g/mol. The highest BCUT2D eigenvalue weighted by molar-refractivity contribution is 6.19. The Bertz CT molecular complexity index is 357. The van der Waals surface area contributed by atoms with Crippen LogP contribution in [0.5, 0.6) is 0 Å². The summed E-state index contributed by atoms with van der Waals surface area (Å²) in [6.45, 7) is 7.49. The Labute approximate surface area is 108 Å². The highest BCUT2D eigenvalue weighted by atomic mass is 16.2. The van der Waals surface area contributed by atoms with Gasteiger partial charge in [0.25, 0.3) is 0 Å². The summed E-state index contributed by atoms with van der Waals surface area (Å²) in [6.07, 6.45) is 2.23. The van der Waals surface area contributed by atoms with Gasteiger partial charge in [-0.05, 0) is 25.7 Å². The van der Waals surface area contributed by atoms with Crippen molar-refractivity contribution in [2.45, 2.75) is 59.4 Å². The van der Waals surface area contributed by atoms with E-state index in [-0.39, 0.29) is 11.9 Å². The number of amides is 4. The zero-order chi connectivity index (χ0) is 13.9. The van der Waals surface area contributed by atoms with Crippen LogP contribution in [0.2, 0.25) is 0 Å². The van der Waals surface area contributed by atoms with Gasteiger partial charge in [-0.15, -0.1) is 0 Å². The molecule has 1 rings (SSSR count). The van der Waals surface area contributed by atoms with Crippen molar-refractivity contribution < 1.29 is 14.4 Å². The van der Waals surface area contributed by atoms with Gasteiger partial charge in [-0.3, -0.25) is 19.8 Å². The van der Waals surface area contributed by atoms with E-state index in [4.69, 9.17) is 0 Å². The minimum atomic E-state index is -1.07. The Hall–Kier alpha value is -1.39. The van der Waals surface area contributed by atoms with E-state index in [2.05, 4.69) is 5.32 Å². The first-order chi connectivity index (χ1) is 8.48. The lowest BCUT2D eigenvalue weighted by atomic mass is 9.78. The number of nitrogens with one attached hydrogen (secondary N) is 1. The molecule has 0 spiro atoms. The monoisotopic (exact) mass is 254 g/mol. The molecule has 1 aliphatic rings. The number of hydrogen-bond acceptors (Lipinski definition) is 3. The molecule has 5 heteroatoms. The lowest BCUT2D eigenvalue weighted by molar-refractivity contribution is -0.153. The van der Waals surface area contributed by atoms with Gasteiger partial charge < -0.3 is 0 Å². The Balaban J connectivity index is 3.17. The molecule has 0 aliphatic carbocycles. The quantitative estimate of drug-likeness (QED) is 0.764. The number of nitrogens with zero attached hydrogens (tertiary/aromatic N) is 1. The number of carbonyl (C=O) groups excluding carboxylic acids is 3. The van der Waals surface area contributed by atoms with E-state index in [1.54, 1.807) is 0 Å². The predicted molar refractivity (Wildman–Crippen MR) is 67.8 cm³/mol. The molecule has 0 unspecified atom stereocenters. The van der Waals surface area contributed by atoms with Gasteiger partial charge in [-0.1, -0.05) is 27.7 Å². The topological polar surface area (TPSA) is 66.5 Å². The minimum Gasteiger partial charge on any atom is -0.277 e. The van der Waals surface area contributed by atoms with Crippen LogP contribution in [0.1, 0.15) is 53.4 Å². The fourth-order valence-electron chi connectivity index (χ4n) is 2.56. The third kappa shape index (κ3) is 2.02. The Morgan fingerprint density at radius 3 is 1.94 bits per heavy atom. The maximum Gasteiger partial charge on any atom is 0.331 e. The largest absolute Gasteiger partial charge is 0.331 e. The van der Waals surface area contributed by atoms with Crippen LogP contribution in [-0.4, -0.2) is 28.8 Å². The van der Waals surface area contributed by atoms with Gasteiger partial charge in [0.2, 0.25) is 11.8 Å². The summed E-state index contributed by atoms with van der Waals surface area (Å²) in [7, 11) is 0. The van der Waals surface area contributed by atoms with E-state index in [0.717, 1.165) is 0 Å². The Kier molecular flexibility index (Phi) is 4.48. The lowest BCUT2D eigenvalue weighted by Gasteiger charge is -2.41. The van der Waals surface area contributed by atoms with Gasteiger partial charge in [0, 0.05) is 6.04 Å². The van der Waals surface area contributed by atoms with Crippen LogP contribution in [0.4, 0.5) is 4.79 Å². The average Bonchev–Trinajstić information content (AvgIpc) is 2.36. The van der Waals surface area contributed by atoms with E-state index in [0.29, 0.717) is 25.7 Å². The molecule has 1 heterocycles. The van der Waals surface area contributed by atoms with Crippen molar-refractivity contribution in [2.75, 3.05) is 0 Å². The number of barbiturate groups is 1. The summed E-state index contributed by atoms with van der Waals surface area (Å²) >= 11 is 0. The molecule has 0 aromatic carbocycles. The fraction of sp³-hybridized carbons (Fsp3) is 0.769. The van der Waals surface area contributed by atoms with Crippen LogP contribution >= 0.6 is 0 Å². The molecule has 0 saturated carbocycles. The van der Waals surface area contributed by atoms with Gasteiger partial charge in [-0.2, -0.15) is 0 Å². The van der Waals surface area contributed by atoms with Crippen LogP contribution in [0.15, 0.2) is 0 Å². The van der Waals surface area contributed by atoms with Crippen molar-refractivity contribution >= 4 is 17.8 Å². The molecule has 1 N–H and O–H groups in total. The fourth-order valence-corrected chi connectivity index (χ4v) is 2.56. The van der Waals surface area contributed by atoms with Crippen molar-refractivity contribution in [3.63, 3.8) is 0 Å². The zero-order valence-electron chi connectivity index (χ0n) is 11.6.